The van der Waals surface area contributed by atoms with Crippen LogP contribution in [0.3, 0.4) is 0 Å². The lowest BCUT2D eigenvalue weighted by Gasteiger charge is -2.29. The van der Waals surface area contributed by atoms with E-state index in [-0.39, 0.29) is 11.9 Å². The maximum Gasteiger partial charge on any atom is 0.345 e. The lowest BCUT2D eigenvalue weighted by molar-refractivity contribution is 0.173. The normalized spacial score (nSPS) is 17.0. The first kappa shape index (κ1) is 12.0. The Balaban J connectivity index is 1.94. The van der Waals surface area contributed by atoms with E-state index in [2.05, 4.69) is 12.0 Å². The van der Waals surface area contributed by atoms with Crippen molar-refractivity contribution >= 4 is 16.9 Å². The number of nitrogens with zero attached hydrogens (tertiary/aromatic N) is 3. The van der Waals surface area contributed by atoms with Gasteiger partial charge in [0.2, 0.25) is 5.88 Å². The van der Waals surface area contributed by atoms with Gasteiger partial charge in [-0.05, 0) is 30.9 Å². The molecule has 1 aromatic heterocycles. The minimum atomic E-state index is -0.150. The van der Waals surface area contributed by atoms with Crippen LogP contribution < -0.4 is 0 Å². The van der Waals surface area contributed by atoms with Crippen molar-refractivity contribution in [1.82, 2.24) is 14.7 Å². The molecule has 1 aromatic carbocycles. The van der Waals surface area contributed by atoms with Crippen molar-refractivity contribution in [3.8, 4) is 5.88 Å². The molecule has 3 rings (SSSR count). The largest absolute Gasteiger partial charge is 0.492 e. The Morgan fingerprint density at radius 3 is 2.74 bits per heavy atom. The second-order valence-corrected chi connectivity index (χ2v) is 5.20. The summed E-state index contributed by atoms with van der Waals surface area (Å²) in [6.45, 7) is 3.72. The summed E-state index contributed by atoms with van der Waals surface area (Å²) in [7, 11) is 0. The highest BCUT2D eigenvalue weighted by molar-refractivity contribution is 5.92. The Morgan fingerprint density at radius 1 is 1.32 bits per heavy atom. The van der Waals surface area contributed by atoms with Crippen LogP contribution >= 0.6 is 0 Å². The van der Waals surface area contributed by atoms with Crippen LogP contribution in [0.1, 0.15) is 19.8 Å². The van der Waals surface area contributed by atoms with E-state index in [1.165, 1.54) is 4.68 Å². The molecule has 1 N–H and O–H groups in total. The molecule has 100 valence electrons. The van der Waals surface area contributed by atoms with Crippen LogP contribution in [0.5, 0.6) is 5.88 Å². The van der Waals surface area contributed by atoms with Crippen LogP contribution in [-0.2, 0) is 0 Å². The standard InChI is InChI=1S/C14H17N3O2/c1-10-6-8-16(9-7-10)14(19)17-12-5-3-2-4-11(12)13(18)15-17/h2-5,10H,6-9H2,1H3,(H,15,18). The number of rotatable bonds is 0. The molecular weight excluding hydrogens is 242 g/mol. The highest BCUT2D eigenvalue weighted by Crippen LogP contribution is 2.24. The molecule has 0 atom stereocenters. The number of likely N-dealkylation sites (tertiary alicyclic amines) is 1. The molecule has 2 aromatic rings. The summed E-state index contributed by atoms with van der Waals surface area (Å²) in [5.74, 6) is 0.584. The zero-order valence-corrected chi connectivity index (χ0v) is 10.9. The van der Waals surface area contributed by atoms with Crippen molar-refractivity contribution in [2.24, 2.45) is 5.92 Å². The highest BCUT2D eigenvalue weighted by atomic mass is 16.3. The predicted octanol–water partition coefficient (Wildman–Crippen LogP) is 2.44. The van der Waals surface area contributed by atoms with Crippen molar-refractivity contribution in [2.75, 3.05) is 13.1 Å². The number of fused-ring (bicyclic) bond motifs is 1. The van der Waals surface area contributed by atoms with Gasteiger partial charge in [-0.1, -0.05) is 19.1 Å². The van der Waals surface area contributed by atoms with Gasteiger partial charge in [-0.3, -0.25) is 0 Å². The molecule has 0 radical (unpaired) electrons. The van der Waals surface area contributed by atoms with Crippen LogP contribution in [-0.4, -0.2) is 38.9 Å². The third kappa shape index (κ3) is 2.05. The van der Waals surface area contributed by atoms with Crippen molar-refractivity contribution in [1.29, 1.82) is 0 Å². The van der Waals surface area contributed by atoms with Gasteiger partial charge in [0, 0.05) is 13.1 Å². The molecule has 1 amide bonds. The summed E-state index contributed by atoms with van der Waals surface area (Å²) >= 11 is 0. The van der Waals surface area contributed by atoms with Gasteiger partial charge >= 0.3 is 6.03 Å². The fraction of sp³-hybridized carbons (Fsp3) is 0.429. The Morgan fingerprint density at radius 2 is 2.00 bits per heavy atom. The van der Waals surface area contributed by atoms with E-state index < -0.39 is 0 Å². The lowest BCUT2D eigenvalue weighted by Crippen LogP contribution is -2.40. The number of hydrogen-bond donors (Lipinski definition) is 1. The van der Waals surface area contributed by atoms with Gasteiger partial charge < -0.3 is 10.0 Å². The second kappa shape index (κ2) is 4.57. The minimum absolute atomic E-state index is 0.0886. The van der Waals surface area contributed by atoms with Crippen molar-refractivity contribution in [3.63, 3.8) is 0 Å². The first-order valence-electron chi connectivity index (χ1n) is 6.63. The predicted molar refractivity (Wildman–Crippen MR) is 72.2 cm³/mol. The summed E-state index contributed by atoms with van der Waals surface area (Å²) < 4.78 is 1.31. The van der Waals surface area contributed by atoms with E-state index in [0.29, 0.717) is 16.8 Å². The minimum Gasteiger partial charge on any atom is -0.492 e. The molecule has 0 bridgehead atoms. The third-order valence-corrected chi connectivity index (χ3v) is 3.80. The Kier molecular flexibility index (Phi) is 2.89. The van der Waals surface area contributed by atoms with E-state index in [0.717, 1.165) is 25.9 Å². The van der Waals surface area contributed by atoms with E-state index in [1.807, 2.05) is 12.1 Å². The fourth-order valence-electron chi connectivity index (χ4n) is 2.53. The lowest BCUT2D eigenvalue weighted by atomic mass is 10.00. The molecule has 1 fully saturated rings. The van der Waals surface area contributed by atoms with Crippen LogP contribution in [0.25, 0.3) is 10.9 Å². The average molecular weight is 259 g/mol. The van der Waals surface area contributed by atoms with Crippen molar-refractivity contribution < 1.29 is 9.90 Å². The zero-order valence-electron chi connectivity index (χ0n) is 10.9. The Hall–Kier alpha value is -2.04. The monoisotopic (exact) mass is 259 g/mol. The number of piperidine rings is 1. The number of para-hydroxylation sites is 1. The molecular formula is C14H17N3O2. The Labute approximate surface area is 111 Å². The second-order valence-electron chi connectivity index (χ2n) is 5.20. The average Bonchev–Trinajstić information content (AvgIpc) is 2.77. The summed E-state index contributed by atoms with van der Waals surface area (Å²) in [6.07, 6.45) is 2.05. The number of benzene rings is 1. The van der Waals surface area contributed by atoms with Gasteiger partial charge in [-0.25, -0.2) is 4.79 Å². The quantitative estimate of drug-likeness (QED) is 0.790. The third-order valence-electron chi connectivity index (χ3n) is 3.80. The summed E-state index contributed by atoms with van der Waals surface area (Å²) in [4.78, 5) is 14.3. The SMILES string of the molecule is CC1CCN(C(=O)n2nc(O)c3ccccc32)CC1. The van der Waals surface area contributed by atoms with E-state index >= 15 is 0 Å². The topological polar surface area (TPSA) is 58.4 Å². The summed E-state index contributed by atoms with van der Waals surface area (Å²) in [5, 5.41) is 14.4. The smallest absolute Gasteiger partial charge is 0.345 e. The molecule has 1 aliphatic rings. The van der Waals surface area contributed by atoms with Gasteiger partial charge in [0.05, 0.1) is 10.9 Å². The van der Waals surface area contributed by atoms with E-state index in [9.17, 15) is 9.90 Å². The van der Waals surface area contributed by atoms with E-state index in [4.69, 9.17) is 0 Å². The fourth-order valence-corrected chi connectivity index (χ4v) is 2.53. The highest BCUT2D eigenvalue weighted by Gasteiger charge is 2.24. The van der Waals surface area contributed by atoms with Crippen LogP contribution in [0.15, 0.2) is 24.3 Å². The number of amides is 1. The summed E-state index contributed by atoms with van der Waals surface area (Å²) in [5.41, 5.74) is 0.656. The maximum absolute atomic E-state index is 12.4. The van der Waals surface area contributed by atoms with Gasteiger partial charge in [0.25, 0.3) is 0 Å². The number of aromatic nitrogens is 2. The molecule has 5 nitrogen and oxygen atoms in total. The number of hydrogen-bond acceptors (Lipinski definition) is 3. The summed E-state index contributed by atoms with van der Waals surface area (Å²) in [6, 6.07) is 7.07. The zero-order chi connectivity index (χ0) is 13.4. The molecule has 0 saturated carbocycles. The van der Waals surface area contributed by atoms with Crippen LogP contribution in [0.4, 0.5) is 4.79 Å². The van der Waals surface area contributed by atoms with Gasteiger partial charge in [0.1, 0.15) is 0 Å². The van der Waals surface area contributed by atoms with Gasteiger partial charge in [-0.15, -0.1) is 5.10 Å². The molecule has 0 spiro atoms. The van der Waals surface area contributed by atoms with Crippen LogP contribution in [0, 0.1) is 5.92 Å². The van der Waals surface area contributed by atoms with Gasteiger partial charge in [-0.2, -0.15) is 4.68 Å². The van der Waals surface area contributed by atoms with Crippen LogP contribution in [0.2, 0.25) is 0 Å². The molecule has 2 heterocycles. The number of carbonyl (C=O) groups is 1. The molecule has 0 unspecified atom stereocenters. The molecule has 1 aliphatic heterocycles. The Bertz CT molecular complexity index is 612. The van der Waals surface area contributed by atoms with Crippen molar-refractivity contribution in [3.05, 3.63) is 24.3 Å². The van der Waals surface area contributed by atoms with E-state index in [1.54, 1.807) is 17.0 Å². The first-order valence-corrected chi connectivity index (χ1v) is 6.63. The number of carbonyl (C=O) groups excluding carboxylic acids is 1. The number of aromatic hydroxyl groups is 1. The van der Waals surface area contributed by atoms with Crippen molar-refractivity contribution in [2.45, 2.75) is 19.8 Å². The first-order chi connectivity index (χ1) is 9.16. The van der Waals surface area contributed by atoms with Gasteiger partial charge in [0.15, 0.2) is 0 Å². The molecule has 5 heteroatoms. The molecule has 1 saturated heterocycles. The molecule has 0 aliphatic carbocycles. The maximum atomic E-state index is 12.4. The molecule has 19 heavy (non-hydrogen) atoms.